The summed E-state index contributed by atoms with van der Waals surface area (Å²) >= 11 is 0. The maximum atomic E-state index is 4.14. The average molecular weight is 201 g/mol. The van der Waals surface area contributed by atoms with Crippen LogP contribution in [-0.2, 0) is 0 Å². The standard InChI is InChI=1S/C12H15N3/c1-2-9(7-13-4-1)12-6-10-8-14-5-3-11(10)15-12/h3,5-6,8-9,13,15H,1-2,4,7H2. The number of hydrogen-bond donors (Lipinski definition) is 2. The maximum absolute atomic E-state index is 4.14. The second-order valence-electron chi connectivity index (χ2n) is 4.23. The molecule has 3 rings (SSSR count). The second kappa shape index (κ2) is 3.66. The summed E-state index contributed by atoms with van der Waals surface area (Å²) in [6, 6.07) is 4.27. The molecule has 78 valence electrons. The Labute approximate surface area is 88.9 Å². The molecule has 1 atom stereocenters. The lowest BCUT2D eigenvalue weighted by Crippen LogP contribution is -2.28. The van der Waals surface area contributed by atoms with E-state index in [1.54, 1.807) is 0 Å². The molecule has 2 aromatic heterocycles. The van der Waals surface area contributed by atoms with Crippen LogP contribution in [0.15, 0.2) is 24.5 Å². The van der Waals surface area contributed by atoms with Gasteiger partial charge >= 0.3 is 0 Å². The Morgan fingerprint density at radius 3 is 3.20 bits per heavy atom. The minimum atomic E-state index is 0.645. The first-order chi connectivity index (χ1) is 7.43. The SMILES string of the molecule is c1cc2[nH]c(C3CCCNC3)cc2cn1. The third-order valence-corrected chi connectivity index (χ3v) is 3.18. The molecule has 1 aliphatic rings. The molecular formula is C12H15N3. The van der Waals surface area contributed by atoms with Gasteiger partial charge in [-0.05, 0) is 31.5 Å². The molecule has 0 aromatic carbocycles. The fourth-order valence-electron chi connectivity index (χ4n) is 2.33. The molecule has 2 aromatic rings. The van der Waals surface area contributed by atoms with Gasteiger partial charge in [-0.3, -0.25) is 4.98 Å². The Balaban J connectivity index is 1.96. The quantitative estimate of drug-likeness (QED) is 0.741. The predicted octanol–water partition coefficient (Wildman–Crippen LogP) is 2.03. The zero-order valence-electron chi connectivity index (χ0n) is 8.66. The van der Waals surface area contributed by atoms with Crippen LogP contribution in [0.2, 0.25) is 0 Å². The van der Waals surface area contributed by atoms with Crippen molar-refractivity contribution in [3.8, 4) is 0 Å². The lowest BCUT2D eigenvalue weighted by Gasteiger charge is -2.21. The first-order valence-corrected chi connectivity index (χ1v) is 5.57. The molecule has 0 amide bonds. The van der Waals surface area contributed by atoms with Gasteiger partial charge in [-0.1, -0.05) is 0 Å². The highest BCUT2D eigenvalue weighted by Gasteiger charge is 2.16. The molecule has 0 aliphatic carbocycles. The highest BCUT2D eigenvalue weighted by molar-refractivity contribution is 5.79. The molecule has 1 saturated heterocycles. The third-order valence-electron chi connectivity index (χ3n) is 3.18. The summed E-state index contributed by atoms with van der Waals surface area (Å²) < 4.78 is 0. The first kappa shape index (κ1) is 8.92. The molecule has 1 fully saturated rings. The van der Waals surface area contributed by atoms with Crippen LogP contribution in [0, 0.1) is 0 Å². The van der Waals surface area contributed by atoms with E-state index in [4.69, 9.17) is 0 Å². The Morgan fingerprint density at radius 2 is 2.40 bits per heavy atom. The van der Waals surface area contributed by atoms with Crippen molar-refractivity contribution in [3.63, 3.8) is 0 Å². The Bertz CT molecular complexity index is 422. The highest BCUT2D eigenvalue weighted by atomic mass is 14.9. The summed E-state index contributed by atoms with van der Waals surface area (Å²) in [7, 11) is 0. The summed E-state index contributed by atoms with van der Waals surface area (Å²) in [6.45, 7) is 2.26. The van der Waals surface area contributed by atoms with Gasteiger partial charge in [0.25, 0.3) is 0 Å². The largest absolute Gasteiger partial charge is 0.358 e. The number of H-pyrrole nitrogens is 1. The van der Waals surface area contributed by atoms with Crippen LogP contribution in [0.5, 0.6) is 0 Å². The number of hydrogen-bond acceptors (Lipinski definition) is 2. The zero-order chi connectivity index (χ0) is 10.1. The van der Waals surface area contributed by atoms with Crippen molar-refractivity contribution < 1.29 is 0 Å². The Kier molecular flexibility index (Phi) is 2.18. The van der Waals surface area contributed by atoms with E-state index in [9.17, 15) is 0 Å². The van der Waals surface area contributed by atoms with Crippen LogP contribution in [-0.4, -0.2) is 23.1 Å². The number of rotatable bonds is 1. The molecule has 0 bridgehead atoms. The number of aromatic nitrogens is 2. The normalized spacial score (nSPS) is 22.0. The number of nitrogens with zero attached hydrogens (tertiary/aromatic N) is 1. The van der Waals surface area contributed by atoms with Crippen molar-refractivity contribution >= 4 is 10.9 Å². The minimum Gasteiger partial charge on any atom is -0.358 e. The predicted molar refractivity (Wildman–Crippen MR) is 60.9 cm³/mol. The lowest BCUT2D eigenvalue weighted by atomic mass is 9.96. The molecule has 1 unspecified atom stereocenters. The molecule has 2 N–H and O–H groups in total. The first-order valence-electron chi connectivity index (χ1n) is 5.57. The zero-order valence-corrected chi connectivity index (χ0v) is 8.66. The van der Waals surface area contributed by atoms with Crippen molar-refractivity contribution in [2.75, 3.05) is 13.1 Å². The molecule has 15 heavy (non-hydrogen) atoms. The van der Waals surface area contributed by atoms with Gasteiger partial charge in [-0.15, -0.1) is 0 Å². The molecule has 3 nitrogen and oxygen atoms in total. The van der Waals surface area contributed by atoms with Gasteiger partial charge in [0.1, 0.15) is 0 Å². The fraction of sp³-hybridized carbons (Fsp3) is 0.417. The van der Waals surface area contributed by atoms with Gasteiger partial charge in [-0.2, -0.15) is 0 Å². The van der Waals surface area contributed by atoms with Crippen molar-refractivity contribution in [2.45, 2.75) is 18.8 Å². The van der Waals surface area contributed by atoms with Crippen LogP contribution in [0.1, 0.15) is 24.5 Å². The molecule has 3 heteroatoms. The summed E-state index contributed by atoms with van der Waals surface area (Å²) in [5.41, 5.74) is 2.55. The van der Waals surface area contributed by atoms with E-state index in [-0.39, 0.29) is 0 Å². The van der Waals surface area contributed by atoms with Crippen molar-refractivity contribution in [2.24, 2.45) is 0 Å². The molecule has 0 radical (unpaired) electrons. The summed E-state index contributed by atoms with van der Waals surface area (Å²) in [5.74, 6) is 0.645. The van der Waals surface area contributed by atoms with E-state index < -0.39 is 0 Å². The average Bonchev–Trinajstić information content (AvgIpc) is 2.74. The fourth-order valence-corrected chi connectivity index (χ4v) is 2.33. The van der Waals surface area contributed by atoms with Gasteiger partial charge in [0.15, 0.2) is 0 Å². The summed E-state index contributed by atoms with van der Waals surface area (Å²) in [6.07, 6.45) is 6.32. The van der Waals surface area contributed by atoms with Crippen LogP contribution in [0.3, 0.4) is 0 Å². The van der Waals surface area contributed by atoms with E-state index in [1.807, 2.05) is 18.5 Å². The maximum Gasteiger partial charge on any atom is 0.0487 e. The number of fused-ring (bicyclic) bond motifs is 1. The molecular weight excluding hydrogens is 186 g/mol. The van der Waals surface area contributed by atoms with Gasteiger partial charge < -0.3 is 10.3 Å². The van der Waals surface area contributed by atoms with Crippen LogP contribution in [0.25, 0.3) is 10.9 Å². The Hall–Kier alpha value is -1.35. The topological polar surface area (TPSA) is 40.7 Å². The lowest BCUT2D eigenvalue weighted by molar-refractivity contribution is 0.456. The van der Waals surface area contributed by atoms with E-state index in [2.05, 4.69) is 21.4 Å². The molecule has 1 aliphatic heterocycles. The van der Waals surface area contributed by atoms with Crippen molar-refractivity contribution in [1.82, 2.24) is 15.3 Å². The van der Waals surface area contributed by atoms with Gasteiger partial charge in [0, 0.05) is 41.5 Å². The number of nitrogens with one attached hydrogen (secondary N) is 2. The van der Waals surface area contributed by atoms with Gasteiger partial charge in [0.05, 0.1) is 0 Å². The van der Waals surface area contributed by atoms with E-state index in [0.29, 0.717) is 5.92 Å². The summed E-state index contributed by atoms with van der Waals surface area (Å²) in [4.78, 5) is 7.62. The molecule has 3 heterocycles. The molecule has 0 spiro atoms. The van der Waals surface area contributed by atoms with Crippen molar-refractivity contribution in [1.29, 1.82) is 0 Å². The van der Waals surface area contributed by atoms with Crippen molar-refractivity contribution in [3.05, 3.63) is 30.2 Å². The van der Waals surface area contributed by atoms with E-state index >= 15 is 0 Å². The molecule has 0 saturated carbocycles. The second-order valence-corrected chi connectivity index (χ2v) is 4.23. The smallest absolute Gasteiger partial charge is 0.0487 e. The van der Waals surface area contributed by atoms with Crippen LogP contribution >= 0.6 is 0 Å². The third kappa shape index (κ3) is 1.63. The minimum absolute atomic E-state index is 0.645. The van der Waals surface area contributed by atoms with E-state index in [0.717, 1.165) is 13.1 Å². The van der Waals surface area contributed by atoms with Gasteiger partial charge in [-0.25, -0.2) is 0 Å². The monoisotopic (exact) mass is 201 g/mol. The highest BCUT2D eigenvalue weighted by Crippen LogP contribution is 2.25. The number of piperidine rings is 1. The number of pyridine rings is 1. The summed E-state index contributed by atoms with van der Waals surface area (Å²) in [5, 5.41) is 4.66. The van der Waals surface area contributed by atoms with E-state index in [1.165, 1.54) is 29.4 Å². The van der Waals surface area contributed by atoms with Crippen LogP contribution < -0.4 is 5.32 Å². The number of aromatic amines is 1. The van der Waals surface area contributed by atoms with Crippen LogP contribution in [0.4, 0.5) is 0 Å². The van der Waals surface area contributed by atoms with Gasteiger partial charge in [0.2, 0.25) is 0 Å². The Morgan fingerprint density at radius 1 is 1.40 bits per heavy atom.